The fourth-order valence-corrected chi connectivity index (χ4v) is 5.37. The van der Waals surface area contributed by atoms with Gasteiger partial charge >= 0.3 is 0 Å². The molecular weight excluding hydrogens is 432 g/mol. The zero-order chi connectivity index (χ0) is 23.2. The maximum Gasteiger partial charge on any atom is 0.217 e. The summed E-state index contributed by atoms with van der Waals surface area (Å²) in [6.07, 6.45) is 0.813. The molecule has 4 aromatic carbocycles. The molecule has 3 aliphatic rings. The Bertz CT molecular complexity index is 1360. The molecule has 2 heterocycles. The summed E-state index contributed by atoms with van der Waals surface area (Å²) in [6.45, 7) is 1.15. The Morgan fingerprint density at radius 3 is 1.37 bits per heavy atom. The van der Waals surface area contributed by atoms with E-state index >= 15 is 0 Å². The number of hydrogen-bond acceptors (Lipinski definition) is 4. The van der Waals surface area contributed by atoms with Gasteiger partial charge in [0.15, 0.2) is 0 Å². The van der Waals surface area contributed by atoms with Crippen LogP contribution in [0.2, 0.25) is 0 Å². The van der Waals surface area contributed by atoms with E-state index in [2.05, 4.69) is 84.9 Å². The minimum absolute atomic E-state index is 0.0394. The van der Waals surface area contributed by atoms with Gasteiger partial charge in [0, 0.05) is 17.5 Å². The minimum atomic E-state index is 0.0394. The van der Waals surface area contributed by atoms with Crippen molar-refractivity contribution in [3.05, 3.63) is 130 Å². The monoisotopic (exact) mass is 456 g/mol. The van der Waals surface area contributed by atoms with Crippen molar-refractivity contribution in [2.45, 2.75) is 18.5 Å². The molecule has 0 fully saturated rings. The smallest absolute Gasteiger partial charge is 0.217 e. The Morgan fingerprint density at radius 2 is 0.914 bits per heavy atom. The molecule has 0 spiro atoms. The summed E-state index contributed by atoms with van der Waals surface area (Å²) < 4.78 is 12.2. The highest BCUT2D eigenvalue weighted by Gasteiger charge is 2.31. The third kappa shape index (κ3) is 3.45. The van der Waals surface area contributed by atoms with Crippen molar-refractivity contribution >= 4 is 11.8 Å². The molecule has 4 heteroatoms. The number of fused-ring (bicyclic) bond motifs is 3. The molecule has 0 amide bonds. The molecule has 7 rings (SSSR count). The van der Waals surface area contributed by atoms with Gasteiger partial charge in [-0.1, -0.05) is 84.9 Å². The van der Waals surface area contributed by atoms with Gasteiger partial charge in [0.25, 0.3) is 0 Å². The molecule has 2 aliphatic heterocycles. The highest BCUT2D eigenvalue weighted by Crippen LogP contribution is 2.42. The topological polar surface area (TPSA) is 43.2 Å². The van der Waals surface area contributed by atoms with Crippen molar-refractivity contribution in [3.63, 3.8) is 0 Å². The van der Waals surface area contributed by atoms with Crippen LogP contribution >= 0.6 is 0 Å². The zero-order valence-corrected chi connectivity index (χ0v) is 19.2. The van der Waals surface area contributed by atoms with Crippen LogP contribution < -0.4 is 0 Å². The summed E-state index contributed by atoms with van der Waals surface area (Å²) in [4.78, 5) is 9.92. The first-order chi connectivity index (χ1) is 17.3. The van der Waals surface area contributed by atoms with E-state index in [1.807, 2.05) is 12.1 Å². The van der Waals surface area contributed by atoms with E-state index in [4.69, 9.17) is 19.5 Å². The Labute approximate surface area is 204 Å². The number of hydrogen-bond donors (Lipinski definition) is 0. The van der Waals surface area contributed by atoms with E-state index in [0.717, 1.165) is 29.3 Å². The lowest BCUT2D eigenvalue weighted by molar-refractivity contribution is 0.319. The lowest BCUT2D eigenvalue weighted by atomic mass is 10.0. The Hall–Kier alpha value is -4.18. The third-order valence-electron chi connectivity index (χ3n) is 7.13. The second kappa shape index (κ2) is 8.24. The molecule has 0 N–H and O–H groups in total. The van der Waals surface area contributed by atoms with Gasteiger partial charge in [0.1, 0.15) is 25.3 Å². The number of rotatable bonds is 4. The Morgan fingerprint density at radius 1 is 0.486 bits per heavy atom. The van der Waals surface area contributed by atoms with Crippen molar-refractivity contribution in [3.8, 4) is 11.1 Å². The summed E-state index contributed by atoms with van der Waals surface area (Å²) in [5.74, 6) is 1.48. The SMILES string of the molecule is c1ccc([C@H]2COC(c3cccc4c3Cc3c(C5=N[C@@H](c6ccccc6)CO5)cccc3-4)=N2)cc1. The van der Waals surface area contributed by atoms with Crippen molar-refractivity contribution in [2.75, 3.05) is 13.2 Å². The van der Waals surface area contributed by atoms with Gasteiger partial charge in [0.2, 0.25) is 11.8 Å². The van der Waals surface area contributed by atoms with Crippen molar-refractivity contribution < 1.29 is 9.47 Å². The first kappa shape index (κ1) is 20.2. The Balaban J connectivity index is 1.23. The number of ether oxygens (including phenoxy) is 2. The molecule has 0 saturated heterocycles. The van der Waals surface area contributed by atoms with Crippen molar-refractivity contribution in [1.82, 2.24) is 0 Å². The van der Waals surface area contributed by atoms with Crippen LogP contribution in [0, 0.1) is 0 Å². The van der Waals surface area contributed by atoms with Crippen LogP contribution in [0.25, 0.3) is 11.1 Å². The molecule has 4 nitrogen and oxygen atoms in total. The fourth-order valence-electron chi connectivity index (χ4n) is 5.37. The average molecular weight is 457 g/mol. The van der Waals surface area contributed by atoms with E-state index in [1.165, 1.54) is 33.4 Å². The first-order valence-electron chi connectivity index (χ1n) is 12.1. The third-order valence-corrected chi connectivity index (χ3v) is 7.13. The lowest BCUT2D eigenvalue weighted by Gasteiger charge is -2.08. The summed E-state index contributed by atoms with van der Waals surface area (Å²) in [5.41, 5.74) is 9.55. The molecule has 0 bridgehead atoms. The van der Waals surface area contributed by atoms with Gasteiger partial charge in [0.05, 0.1) is 0 Å². The average Bonchev–Trinajstić information content (AvgIpc) is 3.68. The van der Waals surface area contributed by atoms with Crippen molar-refractivity contribution in [2.24, 2.45) is 9.98 Å². The summed E-state index contributed by atoms with van der Waals surface area (Å²) >= 11 is 0. The summed E-state index contributed by atoms with van der Waals surface area (Å²) in [7, 11) is 0. The molecule has 170 valence electrons. The van der Waals surface area contributed by atoms with Crippen LogP contribution in [0.15, 0.2) is 107 Å². The lowest BCUT2D eigenvalue weighted by Crippen LogP contribution is -2.07. The normalized spacial score (nSPS) is 19.9. The maximum absolute atomic E-state index is 6.12. The fraction of sp³-hybridized carbons (Fsp3) is 0.161. The van der Waals surface area contributed by atoms with Crippen LogP contribution in [-0.2, 0) is 15.9 Å². The molecule has 0 saturated carbocycles. The van der Waals surface area contributed by atoms with Crippen LogP contribution in [0.4, 0.5) is 0 Å². The van der Waals surface area contributed by atoms with Crippen molar-refractivity contribution in [1.29, 1.82) is 0 Å². The number of nitrogens with zero attached hydrogens (tertiary/aromatic N) is 2. The molecular formula is C31H24N2O2. The molecule has 2 atom stereocenters. The predicted molar refractivity (Wildman–Crippen MR) is 138 cm³/mol. The van der Waals surface area contributed by atoms with Gasteiger partial charge in [-0.25, -0.2) is 9.98 Å². The van der Waals surface area contributed by atoms with E-state index in [0.29, 0.717) is 13.2 Å². The van der Waals surface area contributed by atoms with Crippen LogP contribution in [0.1, 0.15) is 45.5 Å². The van der Waals surface area contributed by atoms with Gasteiger partial charge in [-0.3, -0.25) is 0 Å². The molecule has 1 aliphatic carbocycles. The van der Waals surface area contributed by atoms with Gasteiger partial charge < -0.3 is 9.47 Å². The molecule has 0 radical (unpaired) electrons. The van der Waals surface area contributed by atoms with E-state index in [9.17, 15) is 0 Å². The largest absolute Gasteiger partial charge is 0.475 e. The van der Waals surface area contributed by atoms with Crippen LogP contribution in [0.5, 0.6) is 0 Å². The predicted octanol–water partition coefficient (Wildman–Crippen LogP) is 6.29. The number of benzene rings is 4. The molecule has 0 aromatic heterocycles. The molecule has 4 aromatic rings. The Kier molecular flexibility index (Phi) is 4.76. The van der Waals surface area contributed by atoms with E-state index in [-0.39, 0.29) is 12.1 Å². The maximum atomic E-state index is 6.12. The standard InChI is InChI=1S/C31H24N2O2/c1-3-9-20(10-4-1)28-18-34-30(32-28)24-15-7-13-22-23-14-8-16-25(27(23)17-26(22)24)31-33-29(19-35-31)21-11-5-2-6-12-21/h1-16,28-29H,17-19H2/t28-,29-/m1/s1. The molecule has 0 unspecified atom stereocenters. The first-order valence-corrected chi connectivity index (χ1v) is 12.1. The zero-order valence-electron chi connectivity index (χ0n) is 19.2. The quantitative estimate of drug-likeness (QED) is 0.319. The van der Waals surface area contributed by atoms with E-state index in [1.54, 1.807) is 0 Å². The minimum Gasteiger partial charge on any atom is -0.475 e. The summed E-state index contributed by atoms with van der Waals surface area (Å²) in [5, 5.41) is 0. The van der Waals surface area contributed by atoms with E-state index < -0.39 is 0 Å². The molecule has 35 heavy (non-hydrogen) atoms. The highest BCUT2D eigenvalue weighted by molar-refractivity contribution is 6.03. The van der Waals surface area contributed by atoms with Gasteiger partial charge in [-0.15, -0.1) is 0 Å². The highest BCUT2D eigenvalue weighted by atomic mass is 16.5. The van der Waals surface area contributed by atoms with Crippen LogP contribution in [-0.4, -0.2) is 25.0 Å². The second-order valence-corrected chi connectivity index (χ2v) is 9.18. The summed E-state index contributed by atoms with van der Waals surface area (Å²) in [6, 6.07) is 33.7. The van der Waals surface area contributed by atoms with Crippen LogP contribution in [0.3, 0.4) is 0 Å². The van der Waals surface area contributed by atoms with Gasteiger partial charge in [-0.05, 0) is 45.5 Å². The second-order valence-electron chi connectivity index (χ2n) is 9.18. The van der Waals surface area contributed by atoms with Gasteiger partial charge in [-0.2, -0.15) is 0 Å². The number of aliphatic imine (C=N–C) groups is 2.